The summed E-state index contributed by atoms with van der Waals surface area (Å²) in [4.78, 5) is 13.2. The Morgan fingerprint density at radius 2 is 1.40 bits per heavy atom. The molecule has 0 aromatic heterocycles. The van der Waals surface area contributed by atoms with Gasteiger partial charge < -0.3 is 14.9 Å². The van der Waals surface area contributed by atoms with Gasteiger partial charge in [-0.05, 0) is 104 Å². The number of aliphatic hydroxyl groups is 2. The van der Waals surface area contributed by atoms with Crippen molar-refractivity contribution in [2.75, 3.05) is 0 Å². The lowest BCUT2D eigenvalue weighted by atomic mass is 9.31. The number of hydrogen-bond donors (Lipinski definition) is 2. The molecule has 0 aromatic rings. The molecule has 4 nitrogen and oxygen atoms in total. The molecular weight excluding hydrogens is 592 g/mol. The highest BCUT2D eigenvalue weighted by Crippen LogP contribution is 2.76. The average molecular weight is 669 g/mol. The number of carbonyl (C=O) groups is 1. The van der Waals surface area contributed by atoms with Gasteiger partial charge in [0.25, 0.3) is 0 Å². The number of esters is 1. The van der Waals surface area contributed by atoms with Crippen LogP contribution in [0.2, 0.25) is 0 Å². The molecule has 0 aliphatic heterocycles. The van der Waals surface area contributed by atoms with E-state index in [4.69, 9.17) is 4.74 Å². The predicted octanol–water partition coefficient (Wildman–Crippen LogP) is 11.2. The largest absolute Gasteiger partial charge is 0.462 e. The Balaban J connectivity index is 1.19. The summed E-state index contributed by atoms with van der Waals surface area (Å²) in [6, 6.07) is 0. The van der Waals surface area contributed by atoms with E-state index in [0.29, 0.717) is 36.0 Å². The van der Waals surface area contributed by atoms with Crippen LogP contribution in [0.25, 0.3) is 0 Å². The summed E-state index contributed by atoms with van der Waals surface area (Å²) in [5.41, 5.74) is 1.13. The summed E-state index contributed by atoms with van der Waals surface area (Å²) in [5.74, 6) is 2.31. The molecule has 0 spiro atoms. The van der Waals surface area contributed by atoms with E-state index in [2.05, 4.69) is 62.3 Å². The maximum absolute atomic E-state index is 13.2. The Kier molecular flexibility index (Phi) is 11.7. The molecule has 0 aromatic carbocycles. The molecule has 5 rings (SSSR count). The molecule has 48 heavy (non-hydrogen) atoms. The molecule has 276 valence electrons. The number of aliphatic hydroxyl groups excluding tert-OH is 2. The van der Waals surface area contributed by atoms with Crippen LogP contribution in [0, 0.1) is 56.7 Å². The molecule has 4 saturated carbocycles. The number of carbonyl (C=O) groups excluding carboxylic acids is 1. The molecule has 12 atom stereocenters. The van der Waals surface area contributed by atoms with Crippen LogP contribution < -0.4 is 0 Å². The van der Waals surface area contributed by atoms with Gasteiger partial charge in [-0.1, -0.05) is 131 Å². The van der Waals surface area contributed by atoms with Crippen molar-refractivity contribution < 1.29 is 19.7 Å². The molecule has 4 fully saturated rings. The monoisotopic (exact) mass is 669 g/mol. The van der Waals surface area contributed by atoms with Gasteiger partial charge in [-0.15, -0.1) is 0 Å². The van der Waals surface area contributed by atoms with Gasteiger partial charge in [0.2, 0.25) is 0 Å². The van der Waals surface area contributed by atoms with Crippen LogP contribution in [0.4, 0.5) is 0 Å². The van der Waals surface area contributed by atoms with E-state index in [9.17, 15) is 15.0 Å². The van der Waals surface area contributed by atoms with Crippen LogP contribution in [-0.2, 0) is 9.53 Å². The molecule has 0 radical (unpaired) electrons. The highest BCUT2D eigenvalue weighted by atomic mass is 16.5. The molecule has 0 bridgehead atoms. The second-order valence-corrected chi connectivity index (χ2v) is 19.5. The first-order chi connectivity index (χ1) is 22.6. The number of unbranched alkanes of at least 4 members (excludes halogenated alkanes) is 10. The van der Waals surface area contributed by atoms with Crippen LogP contribution in [0.5, 0.6) is 0 Å². The van der Waals surface area contributed by atoms with Crippen molar-refractivity contribution in [2.24, 2.45) is 56.7 Å². The van der Waals surface area contributed by atoms with Crippen LogP contribution in [0.3, 0.4) is 0 Å². The smallest absolute Gasteiger partial charge is 0.306 e. The van der Waals surface area contributed by atoms with E-state index < -0.39 is 17.6 Å². The zero-order valence-corrected chi connectivity index (χ0v) is 32.8. The van der Waals surface area contributed by atoms with Gasteiger partial charge in [0.05, 0.1) is 12.2 Å². The highest BCUT2D eigenvalue weighted by Gasteiger charge is 2.72. The van der Waals surface area contributed by atoms with E-state index in [0.717, 1.165) is 32.1 Å². The SMILES string of the molecule is CCCCCCCCCCCCCC(=O)O[C@H]1CC[C@]2(C)[C@H]3CC[C@@H]4[C@H]5[C@H](C)C(C)=C[C@H](O)[C@]5(C)[C@@H](O)C[C@@]4(C)[C@]3(C)CC[C@H]2C1(C)C. The molecule has 4 heteroatoms. The topological polar surface area (TPSA) is 66.8 Å². The summed E-state index contributed by atoms with van der Waals surface area (Å²) in [6.07, 6.45) is 23.4. The van der Waals surface area contributed by atoms with Crippen LogP contribution >= 0.6 is 0 Å². The zero-order valence-electron chi connectivity index (χ0n) is 32.8. The minimum absolute atomic E-state index is 0.00335. The first-order valence-electron chi connectivity index (χ1n) is 20.8. The summed E-state index contributed by atoms with van der Waals surface area (Å²) < 4.78 is 6.37. The van der Waals surface area contributed by atoms with E-state index in [1.165, 1.54) is 89.0 Å². The lowest BCUT2D eigenvalue weighted by Gasteiger charge is -2.74. The van der Waals surface area contributed by atoms with E-state index in [-0.39, 0.29) is 33.7 Å². The summed E-state index contributed by atoms with van der Waals surface area (Å²) >= 11 is 0. The fourth-order valence-corrected chi connectivity index (χ4v) is 13.7. The quantitative estimate of drug-likeness (QED) is 0.116. The number of rotatable bonds is 13. The van der Waals surface area contributed by atoms with Crippen LogP contribution in [0.15, 0.2) is 11.6 Å². The standard InChI is InChI=1S/C44H76O4/c1-10-11-12-13-14-15-16-17-18-19-20-21-38(47)48-37-25-26-41(6)33(40(37,4)5)24-27-42(7)34(41)23-22-32-39-31(3)30(2)28-35(45)44(39,9)36(46)29-43(32,42)8/h28,31-37,39,45-46H,10-27,29H2,1-9H3/t31-,32-,33+,34-,35+,36+,37+,39-,41+,42-,43-,44-/m1/s1. The predicted molar refractivity (Wildman–Crippen MR) is 198 cm³/mol. The third-order valence-corrected chi connectivity index (χ3v) is 16.9. The number of fused-ring (bicyclic) bond motifs is 7. The van der Waals surface area contributed by atoms with Crippen molar-refractivity contribution in [3.05, 3.63) is 11.6 Å². The van der Waals surface area contributed by atoms with Gasteiger partial charge in [-0.2, -0.15) is 0 Å². The van der Waals surface area contributed by atoms with Crippen LogP contribution in [0.1, 0.15) is 184 Å². The Labute approximate surface area is 296 Å². The highest BCUT2D eigenvalue weighted by molar-refractivity contribution is 5.69. The second-order valence-electron chi connectivity index (χ2n) is 19.5. The van der Waals surface area contributed by atoms with Crippen molar-refractivity contribution in [3.63, 3.8) is 0 Å². The molecule has 2 N–H and O–H groups in total. The number of hydrogen-bond acceptors (Lipinski definition) is 4. The lowest BCUT2D eigenvalue weighted by Crippen LogP contribution is -2.70. The number of allylic oxidation sites excluding steroid dienone is 1. The Hall–Kier alpha value is -0.870. The van der Waals surface area contributed by atoms with E-state index in [1.54, 1.807) is 0 Å². The Bertz CT molecular complexity index is 1140. The third-order valence-electron chi connectivity index (χ3n) is 16.9. The first kappa shape index (κ1) is 38.4. The zero-order chi connectivity index (χ0) is 35.1. The van der Waals surface area contributed by atoms with E-state index >= 15 is 0 Å². The maximum atomic E-state index is 13.2. The van der Waals surface area contributed by atoms with E-state index in [1.807, 2.05) is 6.08 Å². The van der Waals surface area contributed by atoms with Crippen molar-refractivity contribution >= 4 is 5.97 Å². The summed E-state index contributed by atoms with van der Waals surface area (Å²) in [6.45, 7) is 21.5. The molecule has 0 amide bonds. The molecule has 0 saturated heterocycles. The summed E-state index contributed by atoms with van der Waals surface area (Å²) in [7, 11) is 0. The fraction of sp³-hybridized carbons (Fsp3) is 0.932. The summed E-state index contributed by atoms with van der Waals surface area (Å²) in [5, 5.41) is 23.4. The van der Waals surface area contributed by atoms with Crippen molar-refractivity contribution in [3.8, 4) is 0 Å². The molecule has 5 aliphatic rings. The van der Waals surface area contributed by atoms with Crippen molar-refractivity contribution in [1.82, 2.24) is 0 Å². The first-order valence-corrected chi connectivity index (χ1v) is 20.8. The van der Waals surface area contributed by atoms with Crippen molar-refractivity contribution in [1.29, 1.82) is 0 Å². The molecule has 0 unspecified atom stereocenters. The average Bonchev–Trinajstić information content (AvgIpc) is 3.01. The fourth-order valence-electron chi connectivity index (χ4n) is 13.7. The van der Waals surface area contributed by atoms with Gasteiger partial charge in [0.1, 0.15) is 6.10 Å². The Morgan fingerprint density at radius 1 is 0.792 bits per heavy atom. The minimum atomic E-state index is -0.578. The lowest BCUT2D eigenvalue weighted by molar-refractivity contribution is -0.276. The minimum Gasteiger partial charge on any atom is -0.462 e. The van der Waals surface area contributed by atoms with Crippen LogP contribution in [-0.4, -0.2) is 34.5 Å². The molecule has 0 heterocycles. The van der Waals surface area contributed by atoms with Gasteiger partial charge in [0, 0.05) is 17.3 Å². The molecular formula is C44H76O4. The maximum Gasteiger partial charge on any atom is 0.306 e. The number of ether oxygens (including phenoxy) is 1. The Morgan fingerprint density at radius 3 is 2.02 bits per heavy atom. The third kappa shape index (κ3) is 6.41. The van der Waals surface area contributed by atoms with Crippen molar-refractivity contribution in [2.45, 2.75) is 203 Å². The van der Waals surface area contributed by atoms with Gasteiger partial charge in [-0.25, -0.2) is 0 Å². The second kappa shape index (κ2) is 14.6. The normalized spacial score (nSPS) is 44.9. The van der Waals surface area contributed by atoms with Gasteiger partial charge >= 0.3 is 5.97 Å². The van der Waals surface area contributed by atoms with Gasteiger partial charge in [-0.3, -0.25) is 4.79 Å². The van der Waals surface area contributed by atoms with Gasteiger partial charge in [0.15, 0.2) is 0 Å². The molecule has 5 aliphatic carbocycles.